The Bertz CT molecular complexity index is 1080. The lowest BCUT2D eigenvalue weighted by molar-refractivity contribution is 0.102. The minimum Gasteiger partial charge on any atom is -0.427 e. The lowest BCUT2D eigenvalue weighted by Gasteiger charge is -2.22. The minimum atomic E-state index is -0.598. The van der Waals surface area contributed by atoms with Gasteiger partial charge >= 0.3 is 5.63 Å². The fraction of sp³-hybridized carbons (Fsp3) is 0.333. The molecular weight excluding hydrogens is 370 g/mol. The van der Waals surface area contributed by atoms with Crippen molar-refractivity contribution in [3.8, 4) is 11.4 Å². The number of hydrogen-bond donors (Lipinski definition) is 2. The van der Waals surface area contributed by atoms with Gasteiger partial charge in [-0.2, -0.15) is 0 Å². The SMILES string of the molecule is Cc1cc(C2CCCNC2)oc(=O)c1C(=O)Nc1ccc(-c2nncn2C)cc1. The summed E-state index contributed by atoms with van der Waals surface area (Å²) in [7, 11) is 1.86. The fourth-order valence-corrected chi connectivity index (χ4v) is 3.64. The highest BCUT2D eigenvalue weighted by Gasteiger charge is 2.22. The Morgan fingerprint density at radius 2 is 2.10 bits per heavy atom. The van der Waals surface area contributed by atoms with Gasteiger partial charge < -0.3 is 19.6 Å². The van der Waals surface area contributed by atoms with Gasteiger partial charge in [0.15, 0.2) is 5.82 Å². The number of benzene rings is 1. The first kappa shape index (κ1) is 19.1. The van der Waals surface area contributed by atoms with Crippen molar-refractivity contribution in [3.63, 3.8) is 0 Å². The van der Waals surface area contributed by atoms with Gasteiger partial charge in [0.2, 0.25) is 0 Å². The summed E-state index contributed by atoms with van der Waals surface area (Å²) in [6.45, 7) is 3.53. The third-order valence-corrected chi connectivity index (χ3v) is 5.21. The molecule has 0 aliphatic carbocycles. The van der Waals surface area contributed by atoms with Gasteiger partial charge in [-0.3, -0.25) is 4.79 Å². The largest absolute Gasteiger partial charge is 0.427 e. The topological polar surface area (TPSA) is 102 Å². The van der Waals surface area contributed by atoms with Crippen molar-refractivity contribution in [1.82, 2.24) is 20.1 Å². The Labute approximate surface area is 168 Å². The van der Waals surface area contributed by atoms with Crippen LogP contribution in [0.2, 0.25) is 0 Å². The Morgan fingerprint density at radius 3 is 2.72 bits per heavy atom. The standard InChI is InChI=1S/C21H23N5O3/c1-13-10-17(15-4-3-9-22-11-15)29-21(28)18(13)20(27)24-16-7-5-14(6-8-16)19-25-23-12-26(19)2/h5-8,10,12,15,22H,3-4,9,11H2,1-2H3,(H,24,27). The van der Waals surface area contributed by atoms with Crippen molar-refractivity contribution in [3.05, 3.63) is 64.0 Å². The summed E-state index contributed by atoms with van der Waals surface area (Å²) in [4.78, 5) is 25.2. The summed E-state index contributed by atoms with van der Waals surface area (Å²) in [6, 6.07) is 9.02. The summed E-state index contributed by atoms with van der Waals surface area (Å²) in [5.74, 6) is 1.06. The molecule has 3 aromatic rings. The van der Waals surface area contributed by atoms with Crippen LogP contribution in [0.15, 0.2) is 45.9 Å². The van der Waals surface area contributed by atoms with Crippen LogP contribution in [-0.2, 0) is 7.05 Å². The summed E-state index contributed by atoms with van der Waals surface area (Å²) in [5.41, 5.74) is 1.52. The highest BCUT2D eigenvalue weighted by molar-refractivity contribution is 6.05. The Balaban J connectivity index is 1.52. The monoisotopic (exact) mass is 393 g/mol. The van der Waals surface area contributed by atoms with Crippen molar-refractivity contribution in [1.29, 1.82) is 0 Å². The minimum absolute atomic E-state index is 0.0369. The van der Waals surface area contributed by atoms with Crippen molar-refractivity contribution in [2.24, 2.45) is 7.05 Å². The molecule has 4 rings (SSSR count). The van der Waals surface area contributed by atoms with Gasteiger partial charge in [0.1, 0.15) is 17.7 Å². The van der Waals surface area contributed by atoms with E-state index in [4.69, 9.17) is 4.42 Å². The molecule has 1 aromatic carbocycles. The number of nitrogens with zero attached hydrogens (tertiary/aromatic N) is 3. The van der Waals surface area contributed by atoms with Crippen LogP contribution >= 0.6 is 0 Å². The van der Waals surface area contributed by atoms with E-state index in [1.807, 2.05) is 29.8 Å². The molecule has 8 heteroatoms. The molecule has 1 unspecified atom stereocenters. The van der Waals surface area contributed by atoms with Gasteiger partial charge in [-0.05, 0) is 62.2 Å². The lowest BCUT2D eigenvalue weighted by atomic mass is 9.95. The van der Waals surface area contributed by atoms with Crippen LogP contribution < -0.4 is 16.3 Å². The molecule has 0 radical (unpaired) electrons. The van der Waals surface area contributed by atoms with Crippen LogP contribution in [0.1, 0.15) is 40.4 Å². The molecule has 1 aliphatic rings. The van der Waals surface area contributed by atoms with Gasteiger partial charge in [-0.15, -0.1) is 10.2 Å². The number of aromatic nitrogens is 3. The molecule has 1 saturated heterocycles. The molecule has 2 N–H and O–H groups in total. The van der Waals surface area contributed by atoms with Crippen LogP contribution in [0.5, 0.6) is 0 Å². The van der Waals surface area contributed by atoms with E-state index in [9.17, 15) is 9.59 Å². The maximum absolute atomic E-state index is 12.7. The number of hydrogen-bond acceptors (Lipinski definition) is 6. The lowest BCUT2D eigenvalue weighted by Crippen LogP contribution is -2.30. The highest BCUT2D eigenvalue weighted by Crippen LogP contribution is 2.24. The van der Waals surface area contributed by atoms with Crippen LogP contribution in [0, 0.1) is 6.92 Å². The molecule has 2 aromatic heterocycles. The molecule has 1 fully saturated rings. The maximum Gasteiger partial charge on any atom is 0.349 e. The number of aryl methyl sites for hydroxylation is 2. The van der Waals surface area contributed by atoms with E-state index < -0.39 is 11.5 Å². The van der Waals surface area contributed by atoms with E-state index in [-0.39, 0.29) is 11.5 Å². The first-order valence-electron chi connectivity index (χ1n) is 9.64. The highest BCUT2D eigenvalue weighted by atomic mass is 16.4. The number of nitrogens with one attached hydrogen (secondary N) is 2. The zero-order chi connectivity index (χ0) is 20.4. The number of piperidine rings is 1. The normalized spacial score (nSPS) is 16.6. The zero-order valence-electron chi connectivity index (χ0n) is 16.4. The third kappa shape index (κ3) is 3.97. The number of carbonyl (C=O) groups is 1. The van der Waals surface area contributed by atoms with Gasteiger partial charge in [0, 0.05) is 30.8 Å². The van der Waals surface area contributed by atoms with Crippen LogP contribution in [0.3, 0.4) is 0 Å². The second-order valence-corrected chi connectivity index (χ2v) is 7.33. The molecular formula is C21H23N5O3. The Hall–Kier alpha value is -3.26. The fourth-order valence-electron chi connectivity index (χ4n) is 3.64. The van der Waals surface area contributed by atoms with E-state index >= 15 is 0 Å². The smallest absolute Gasteiger partial charge is 0.349 e. The first-order valence-corrected chi connectivity index (χ1v) is 9.64. The quantitative estimate of drug-likeness (QED) is 0.706. The molecule has 29 heavy (non-hydrogen) atoms. The summed E-state index contributed by atoms with van der Waals surface area (Å²) in [6.07, 6.45) is 3.64. The maximum atomic E-state index is 12.7. The molecule has 1 aliphatic heterocycles. The average molecular weight is 393 g/mol. The molecule has 0 spiro atoms. The van der Waals surface area contributed by atoms with Crippen molar-refractivity contribution in [2.45, 2.75) is 25.7 Å². The van der Waals surface area contributed by atoms with E-state index in [1.165, 1.54) is 0 Å². The predicted molar refractivity (Wildman–Crippen MR) is 109 cm³/mol. The van der Waals surface area contributed by atoms with Gasteiger partial charge in [-0.1, -0.05) is 0 Å². The molecule has 0 bridgehead atoms. The third-order valence-electron chi connectivity index (χ3n) is 5.21. The average Bonchev–Trinajstić information content (AvgIpc) is 3.14. The van der Waals surface area contributed by atoms with Crippen molar-refractivity contribution in [2.75, 3.05) is 18.4 Å². The summed E-state index contributed by atoms with van der Waals surface area (Å²) < 4.78 is 7.31. The van der Waals surface area contributed by atoms with Crippen LogP contribution in [0.4, 0.5) is 5.69 Å². The first-order chi connectivity index (χ1) is 14.0. The Morgan fingerprint density at radius 1 is 1.31 bits per heavy atom. The van der Waals surface area contributed by atoms with Gasteiger partial charge in [-0.25, -0.2) is 4.79 Å². The van der Waals surface area contributed by atoms with Gasteiger partial charge in [0.25, 0.3) is 5.91 Å². The number of carbonyl (C=O) groups excluding carboxylic acids is 1. The van der Waals surface area contributed by atoms with E-state index in [0.29, 0.717) is 17.0 Å². The number of anilines is 1. The second kappa shape index (κ2) is 8.00. The molecule has 1 atom stereocenters. The molecule has 150 valence electrons. The number of rotatable bonds is 4. The molecule has 0 saturated carbocycles. The summed E-state index contributed by atoms with van der Waals surface area (Å²) in [5, 5.41) is 14.0. The zero-order valence-corrected chi connectivity index (χ0v) is 16.4. The molecule has 8 nitrogen and oxygen atoms in total. The van der Waals surface area contributed by atoms with E-state index in [1.54, 1.807) is 25.4 Å². The van der Waals surface area contributed by atoms with E-state index in [2.05, 4.69) is 20.8 Å². The number of amides is 1. The van der Waals surface area contributed by atoms with Crippen LogP contribution in [-0.4, -0.2) is 33.8 Å². The second-order valence-electron chi connectivity index (χ2n) is 7.33. The van der Waals surface area contributed by atoms with Gasteiger partial charge in [0.05, 0.1) is 0 Å². The van der Waals surface area contributed by atoms with Crippen molar-refractivity contribution >= 4 is 11.6 Å². The summed E-state index contributed by atoms with van der Waals surface area (Å²) >= 11 is 0. The molecule has 1 amide bonds. The Kier molecular flexibility index (Phi) is 5.26. The van der Waals surface area contributed by atoms with Crippen molar-refractivity contribution < 1.29 is 9.21 Å². The van der Waals surface area contributed by atoms with Crippen LogP contribution in [0.25, 0.3) is 11.4 Å². The van der Waals surface area contributed by atoms with E-state index in [0.717, 1.165) is 37.3 Å². The molecule has 3 heterocycles. The predicted octanol–water partition coefficient (Wildman–Crippen LogP) is 2.46.